The van der Waals surface area contributed by atoms with Crippen molar-refractivity contribution >= 4 is 48.3 Å². The summed E-state index contributed by atoms with van der Waals surface area (Å²) in [6.07, 6.45) is 0. The maximum Gasteiger partial charge on any atom is 0.261 e. The molecule has 0 atom stereocenters. The van der Waals surface area contributed by atoms with Crippen LogP contribution in [-0.4, -0.2) is 70.6 Å². The lowest BCUT2D eigenvalue weighted by Gasteiger charge is -2.34. The van der Waals surface area contributed by atoms with Crippen LogP contribution in [0.15, 0.2) is 71.6 Å². The molecule has 204 valence electrons. The Morgan fingerprint density at radius 2 is 1.79 bits per heavy atom. The van der Waals surface area contributed by atoms with E-state index in [1.165, 1.54) is 17.7 Å². The number of aryl methyl sites for hydroxylation is 1. The minimum atomic E-state index is -3.73. The molecular weight excluding hydrogens is 534 g/mol. The lowest BCUT2D eigenvalue weighted by molar-refractivity contribution is 0.0948. The quantitative estimate of drug-likeness (QED) is 0.317. The fourth-order valence-corrected chi connectivity index (χ4v) is 6.70. The van der Waals surface area contributed by atoms with Crippen LogP contribution in [0.25, 0.3) is 10.2 Å². The molecule has 1 aliphatic rings. The lowest BCUT2D eigenvalue weighted by Crippen LogP contribution is -2.48. The van der Waals surface area contributed by atoms with Crippen LogP contribution in [0.1, 0.15) is 15.9 Å². The Morgan fingerprint density at radius 3 is 2.54 bits per heavy atom. The van der Waals surface area contributed by atoms with Gasteiger partial charge < -0.3 is 15.0 Å². The molecule has 39 heavy (non-hydrogen) atoms. The largest absolute Gasteiger partial charge is 0.494 e. The van der Waals surface area contributed by atoms with E-state index in [2.05, 4.69) is 32.8 Å². The van der Waals surface area contributed by atoms with Gasteiger partial charge in [0.1, 0.15) is 11.3 Å². The zero-order chi connectivity index (χ0) is 27.4. The van der Waals surface area contributed by atoms with Gasteiger partial charge in [-0.05, 0) is 48.9 Å². The number of amides is 1. The van der Waals surface area contributed by atoms with Gasteiger partial charge in [0.2, 0.25) is 0 Å². The fourth-order valence-electron chi connectivity index (χ4n) is 4.53. The van der Waals surface area contributed by atoms with E-state index in [0.717, 1.165) is 53.8 Å². The minimum Gasteiger partial charge on any atom is -0.494 e. The van der Waals surface area contributed by atoms with Crippen LogP contribution in [0.3, 0.4) is 0 Å². The van der Waals surface area contributed by atoms with E-state index >= 15 is 0 Å². The Bertz CT molecular complexity index is 1570. The van der Waals surface area contributed by atoms with E-state index in [-0.39, 0.29) is 10.8 Å². The number of anilines is 2. The second-order valence-corrected chi connectivity index (χ2v) is 12.0. The molecule has 9 nitrogen and oxygen atoms in total. The number of hydrogen-bond donors (Lipinski definition) is 2. The zero-order valence-corrected chi connectivity index (χ0v) is 23.5. The van der Waals surface area contributed by atoms with Crippen LogP contribution in [0.5, 0.6) is 5.75 Å². The van der Waals surface area contributed by atoms with Crippen molar-refractivity contribution in [2.24, 2.45) is 0 Å². The minimum absolute atomic E-state index is 0.165. The summed E-state index contributed by atoms with van der Waals surface area (Å²) in [5.74, 6) is 0.555. The monoisotopic (exact) mass is 565 g/mol. The molecule has 1 aliphatic heterocycles. The molecule has 0 unspecified atom stereocenters. The summed E-state index contributed by atoms with van der Waals surface area (Å²) in [7, 11) is -2.06. The standard InChI is InChI=1S/C28H31N5O4S2/c1-20-11-12-24(37-2)25-26(20)38-28(30-25)33-17-15-32(16-18-33)14-13-29-27(34)21-7-6-8-22(19-21)31-39(35,36)23-9-4-3-5-10-23/h3-12,19,31H,13-18H2,1-2H3,(H,29,34). The SMILES string of the molecule is COc1ccc(C)c2sc(N3CCN(CCNC(=O)c4cccc(NS(=O)(=O)c5ccccc5)c4)CC3)nc12. The number of aromatic nitrogens is 1. The third-order valence-electron chi connectivity index (χ3n) is 6.70. The van der Waals surface area contributed by atoms with Gasteiger partial charge in [0.25, 0.3) is 15.9 Å². The first kappa shape index (κ1) is 26.9. The van der Waals surface area contributed by atoms with E-state index in [1.54, 1.807) is 60.9 Å². The lowest BCUT2D eigenvalue weighted by atomic mass is 10.2. The van der Waals surface area contributed by atoms with Crippen molar-refractivity contribution in [1.82, 2.24) is 15.2 Å². The average molecular weight is 566 g/mol. The molecule has 1 amide bonds. The Morgan fingerprint density at radius 1 is 1.03 bits per heavy atom. The Hall–Kier alpha value is -3.67. The van der Waals surface area contributed by atoms with E-state index in [4.69, 9.17) is 9.72 Å². The first-order chi connectivity index (χ1) is 18.8. The van der Waals surface area contributed by atoms with Crippen molar-refractivity contribution in [3.05, 3.63) is 77.9 Å². The Kier molecular flexibility index (Phi) is 8.01. The highest BCUT2D eigenvalue weighted by atomic mass is 32.2. The first-order valence-electron chi connectivity index (χ1n) is 12.7. The van der Waals surface area contributed by atoms with Gasteiger partial charge in [-0.1, -0.05) is 41.7 Å². The highest BCUT2D eigenvalue weighted by Crippen LogP contribution is 2.36. The number of carbonyl (C=O) groups is 1. The average Bonchev–Trinajstić information content (AvgIpc) is 3.41. The number of benzene rings is 3. The van der Waals surface area contributed by atoms with Gasteiger partial charge in [-0.15, -0.1) is 0 Å². The van der Waals surface area contributed by atoms with Gasteiger partial charge in [-0.25, -0.2) is 13.4 Å². The highest BCUT2D eigenvalue weighted by molar-refractivity contribution is 7.92. The number of rotatable bonds is 9. The van der Waals surface area contributed by atoms with Crippen molar-refractivity contribution in [3.8, 4) is 5.75 Å². The topological polar surface area (TPSA) is 104 Å². The molecule has 3 aromatic carbocycles. The number of hydrogen-bond acceptors (Lipinski definition) is 8. The molecule has 1 saturated heterocycles. The maximum atomic E-state index is 12.7. The highest BCUT2D eigenvalue weighted by Gasteiger charge is 2.21. The van der Waals surface area contributed by atoms with Gasteiger partial charge >= 0.3 is 0 Å². The molecule has 0 aliphatic carbocycles. The Balaban J connectivity index is 1.11. The van der Waals surface area contributed by atoms with E-state index < -0.39 is 10.0 Å². The van der Waals surface area contributed by atoms with E-state index in [1.807, 2.05) is 6.07 Å². The summed E-state index contributed by atoms with van der Waals surface area (Å²) in [6.45, 7) is 6.78. The van der Waals surface area contributed by atoms with Gasteiger partial charge in [-0.3, -0.25) is 14.4 Å². The molecule has 5 rings (SSSR count). The van der Waals surface area contributed by atoms with Crippen LogP contribution in [-0.2, 0) is 10.0 Å². The van der Waals surface area contributed by atoms with E-state index in [0.29, 0.717) is 17.8 Å². The normalized spacial score (nSPS) is 14.4. The first-order valence-corrected chi connectivity index (χ1v) is 15.0. The molecule has 1 aromatic heterocycles. The summed E-state index contributed by atoms with van der Waals surface area (Å²) in [6, 6.07) is 18.7. The third kappa shape index (κ3) is 6.16. The molecule has 4 aromatic rings. The van der Waals surface area contributed by atoms with E-state index in [9.17, 15) is 13.2 Å². The van der Waals surface area contributed by atoms with Crippen LogP contribution in [0, 0.1) is 6.92 Å². The number of sulfonamides is 1. The van der Waals surface area contributed by atoms with Crippen LogP contribution >= 0.6 is 11.3 Å². The molecule has 0 bridgehead atoms. The summed E-state index contributed by atoms with van der Waals surface area (Å²) < 4.78 is 34.4. The zero-order valence-electron chi connectivity index (χ0n) is 21.9. The predicted octanol–water partition coefficient (Wildman–Crippen LogP) is 3.97. The second kappa shape index (κ2) is 11.6. The molecule has 2 heterocycles. The van der Waals surface area contributed by atoms with Crippen molar-refractivity contribution in [3.63, 3.8) is 0 Å². The number of nitrogens with zero attached hydrogens (tertiary/aromatic N) is 3. The number of thiazole rings is 1. The number of fused-ring (bicyclic) bond motifs is 1. The number of piperazine rings is 1. The van der Waals surface area contributed by atoms with Gasteiger partial charge in [0.05, 0.1) is 16.7 Å². The third-order valence-corrected chi connectivity index (χ3v) is 9.35. The maximum absolute atomic E-state index is 12.7. The Labute approximate surface area is 232 Å². The number of methoxy groups -OCH3 is 1. The number of nitrogens with one attached hydrogen (secondary N) is 2. The smallest absolute Gasteiger partial charge is 0.261 e. The molecule has 2 N–H and O–H groups in total. The van der Waals surface area contributed by atoms with Gasteiger partial charge in [0, 0.05) is 50.5 Å². The molecule has 0 saturated carbocycles. The number of carbonyl (C=O) groups excluding carboxylic acids is 1. The second-order valence-electron chi connectivity index (χ2n) is 9.34. The summed E-state index contributed by atoms with van der Waals surface area (Å²) >= 11 is 1.70. The molecule has 11 heteroatoms. The summed E-state index contributed by atoms with van der Waals surface area (Å²) in [5, 5.41) is 3.96. The van der Waals surface area contributed by atoms with Crippen LogP contribution in [0.2, 0.25) is 0 Å². The summed E-state index contributed by atoms with van der Waals surface area (Å²) in [5.41, 5.74) is 2.85. The predicted molar refractivity (Wildman–Crippen MR) is 156 cm³/mol. The fraction of sp³-hybridized carbons (Fsp3) is 0.286. The van der Waals surface area contributed by atoms with Gasteiger partial charge in [-0.2, -0.15) is 0 Å². The van der Waals surface area contributed by atoms with Crippen molar-refractivity contribution in [2.75, 3.05) is 56.0 Å². The molecule has 1 fully saturated rings. The molecule has 0 radical (unpaired) electrons. The van der Waals surface area contributed by atoms with Crippen LogP contribution in [0.4, 0.5) is 10.8 Å². The van der Waals surface area contributed by atoms with Crippen molar-refractivity contribution in [2.45, 2.75) is 11.8 Å². The van der Waals surface area contributed by atoms with Crippen LogP contribution < -0.4 is 19.7 Å². The van der Waals surface area contributed by atoms with Crippen molar-refractivity contribution in [1.29, 1.82) is 0 Å². The summed E-state index contributed by atoms with van der Waals surface area (Å²) in [4.78, 5) is 22.4. The molecule has 0 spiro atoms. The molecular formula is C28H31N5O4S2. The van der Waals surface area contributed by atoms with Crippen molar-refractivity contribution < 1.29 is 17.9 Å². The number of ether oxygens (including phenoxy) is 1. The van der Waals surface area contributed by atoms with Gasteiger partial charge in [0.15, 0.2) is 5.13 Å².